The van der Waals surface area contributed by atoms with Crippen LogP contribution in [0.25, 0.3) is 6.08 Å². The number of phenols is 1. The zero-order valence-corrected chi connectivity index (χ0v) is 13.5. The number of ether oxygens (including phenoxy) is 1. The molecule has 0 saturated carbocycles. The Morgan fingerprint density at radius 1 is 1.33 bits per heavy atom. The SMILES string of the molecule is COc1cc(C(=O)CN(C)C(=O)/C=C/c2cccnc2)ccc1O. The second-order valence-electron chi connectivity index (χ2n) is 5.12. The van der Waals surface area contributed by atoms with E-state index in [0.29, 0.717) is 5.56 Å². The largest absolute Gasteiger partial charge is 0.504 e. The van der Waals surface area contributed by atoms with Gasteiger partial charge in [0.1, 0.15) is 0 Å². The summed E-state index contributed by atoms with van der Waals surface area (Å²) in [5.74, 6) is -0.374. The number of amides is 1. The van der Waals surface area contributed by atoms with Crippen LogP contribution >= 0.6 is 0 Å². The molecule has 2 rings (SSSR count). The van der Waals surface area contributed by atoms with Gasteiger partial charge < -0.3 is 14.7 Å². The van der Waals surface area contributed by atoms with E-state index in [-0.39, 0.29) is 29.7 Å². The third-order valence-corrected chi connectivity index (χ3v) is 3.36. The number of pyridine rings is 1. The average molecular weight is 326 g/mol. The smallest absolute Gasteiger partial charge is 0.246 e. The molecule has 124 valence electrons. The van der Waals surface area contributed by atoms with Gasteiger partial charge in [0.2, 0.25) is 5.91 Å². The molecule has 0 fully saturated rings. The normalized spacial score (nSPS) is 10.6. The van der Waals surface area contributed by atoms with E-state index in [1.165, 1.54) is 36.3 Å². The van der Waals surface area contributed by atoms with Crippen molar-refractivity contribution in [1.29, 1.82) is 0 Å². The maximum atomic E-state index is 12.2. The first kappa shape index (κ1) is 17.2. The Labute approximate surface area is 140 Å². The number of phenolic OH excluding ortho intramolecular Hbond substituents is 1. The summed E-state index contributed by atoms with van der Waals surface area (Å²) in [6.45, 7) is -0.0792. The summed E-state index contributed by atoms with van der Waals surface area (Å²) < 4.78 is 4.98. The molecule has 0 aliphatic carbocycles. The van der Waals surface area contributed by atoms with Gasteiger partial charge in [-0.25, -0.2) is 0 Å². The summed E-state index contributed by atoms with van der Waals surface area (Å²) in [6, 6.07) is 7.92. The molecule has 6 heteroatoms. The van der Waals surface area contributed by atoms with Crippen LogP contribution in [0.3, 0.4) is 0 Å². The zero-order valence-electron chi connectivity index (χ0n) is 13.5. The van der Waals surface area contributed by atoms with Gasteiger partial charge in [-0.1, -0.05) is 6.07 Å². The fraction of sp³-hybridized carbons (Fsp3) is 0.167. The number of methoxy groups -OCH3 is 1. The Morgan fingerprint density at radius 3 is 2.79 bits per heavy atom. The summed E-state index contributed by atoms with van der Waals surface area (Å²) >= 11 is 0. The van der Waals surface area contributed by atoms with E-state index < -0.39 is 0 Å². The van der Waals surface area contributed by atoms with Crippen LogP contribution in [0, 0.1) is 0 Å². The Balaban J connectivity index is 2.00. The van der Waals surface area contributed by atoms with Crippen molar-refractivity contribution < 1.29 is 19.4 Å². The Morgan fingerprint density at radius 2 is 2.12 bits per heavy atom. The molecule has 6 nitrogen and oxygen atoms in total. The topological polar surface area (TPSA) is 79.7 Å². The molecular weight excluding hydrogens is 308 g/mol. The minimum atomic E-state index is -0.294. The molecule has 0 radical (unpaired) electrons. The number of carbonyl (C=O) groups is 2. The van der Waals surface area contributed by atoms with E-state index in [1.807, 2.05) is 6.07 Å². The lowest BCUT2D eigenvalue weighted by molar-refractivity contribution is -0.124. The van der Waals surface area contributed by atoms with Crippen LogP contribution in [-0.2, 0) is 4.79 Å². The quantitative estimate of drug-likeness (QED) is 0.650. The first-order chi connectivity index (χ1) is 11.5. The molecule has 1 aromatic heterocycles. The molecule has 0 spiro atoms. The van der Waals surface area contributed by atoms with Crippen molar-refractivity contribution in [3.63, 3.8) is 0 Å². The molecule has 0 unspecified atom stereocenters. The van der Waals surface area contributed by atoms with Gasteiger partial charge in [0.15, 0.2) is 17.3 Å². The minimum absolute atomic E-state index is 0.0436. The van der Waals surface area contributed by atoms with Crippen molar-refractivity contribution in [1.82, 2.24) is 9.88 Å². The number of likely N-dealkylation sites (N-methyl/N-ethyl adjacent to an activating group) is 1. The van der Waals surface area contributed by atoms with Crippen LogP contribution in [0.4, 0.5) is 0 Å². The summed E-state index contributed by atoms with van der Waals surface area (Å²) in [5.41, 5.74) is 1.16. The molecule has 0 aliphatic heterocycles. The summed E-state index contributed by atoms with van der Waals surface area (Å²) in [5, 5.41) is 9.55. The van der Waals surface area contributed by atoms with Crippen molar-refractivity contribution in [2.75, 3.05) is 20.7 Å². The lowest BCUT2D eigenvalue weighted by Gasteiger charge is -2.14. The summed E-state index contributed by atoms with van der Waals surface area (Å²) in [4.78, 5) is 29.6. The highest BCUT2D eigenvalue weighted by atomic mass is 16.5. The van der Waals surface area contributed by atoms with Crippen molar-refractivity contribution in [3.05, 3.63) is 59.9 Å². The van der Waals surface area contributed by atoms with E-state index in [1.54, 1.807) is 31.6 Å². The predicted molar refractivity (Wildman–Crippen MR) is 89.9 cm³/mol. The molecule has 0 aliphatic rings. The van der Waals surface area contributed by atoms with Gasteiger partial charge in [0.25, 0.3) is 0 Å². The molecule has 0 saturated heterocycles. The van der Waals surface area contributed by atoms with Crippen LogP contribution < -0.4 is 4.74 Å². The molecule has 1 N–H and O–H groups in total. The zero-order chi connectivity index (χ0) is 17.5. The standard InChI is InChI=1S/C18H18N2O4/c1-20(18(23)8-5-13-4-3-9-19-11-13)12-16(22)14-6-7-15(21)17(10-14)24-2/h3-11,21H,12H2,1-2H3/b8-5+. The molecule has 2 aromatic rings. The van der Waals surface area contributed by atoms with Crippen molar-refractivity contribution in [2.24, 2.45) is 0 Å². The number of hydrogen-bond donors (Lipinski definition) is 1. The van der Waals surface area contributed by atoms with Crippen LogP contribution in [0.5, 0.6) is 11.5 Å². The Hall–Kier alpha value is -3.15. The molecule has 1 aromatic carbocycles. The van der Waals surface area contributed by atoms with Crippen LogP contribution in [-0.4, -0.2) is 47.4 Å². The number of hydrogen-bond acceptors (Lipinski definition) is 5. The Kier molecular flexibility index (Phi) is 5.68. The van der Waals surface area contributed by atoms with Gasteiger partial charge in [0.05, 0.1) is 13.7 Å². The number of carbonyl (C=O) groups excluding carboxylic acids is 2. The second-order valence-corrected chi connectivity index (χ2v) is 5.12. The van der Waals surface area contributed by atoms with Gasteiger partial charge in [-0.2, -0.15) is 0 Å². The van der Waals surface area contributed by atoms with Crippen molar-refractivity contribution >= 4 is 17.8 Å². The van der Waals surface area contributed by atoms with Crippen molar-refractivity contribution in [2.45, 2.75) is 0 Å². The van der Waals surface area contributed by atoms with Gasteiger partial charge in [-0.05, 0) is 35.9 Å². The van der Waals surface area contributed by atoms with Gasteiger partial charge >= 0.3 is 0 Å². The van der Waals surface area contributed by atoms with Gasteiger partial charge in [0, 0.05) is 31.1 Å². The number of rotatable bonds is 6. The first-order valence-electron chi connectivity index (χ1n) is 7.24. The molecule has 0 bridgehead atoms. The highest BCUT2D eigenvalue weighted by molar-refractivity contribution is 6.01. The fourth-order valence-electron chi connectivity index (χ4n) is 2.00. The van der Waals surface area contributed by atoms with Crippen LogP contribution in [0.1, 0.15) is 15.9 Å². The second kappa shape index (κ2) is 7.92. The third-order valence-electron chi connectivity index (χ3n) is 3.36. The van der Waals surface area contributed by atoms with Crippen molar-refractivity contribution in [3.8, 4) is 11.5 Å². The Bertz CT molecular complexity index is 757. The van der Waals surface area contributed by atoms with E-state index >= 15 is 0 Å². The van der Waals surface area contributed by atoms with Gasteiger partial charge in [-0.3, -0.25) is 14.6 Å². The summed E-state index contributed by atoms with van der Waals surface area (Å²) in [6.07, 6.45) is 6.31. The van der Waals surface area contributed by atoms with Crippen LogP contribution in [0.2, 0.25) is 0 Å². The maximum absolute atomic E-state index is 12.2. The summed E-state index contributed by atoms with van der Waals surface area (Å²) in [7, 11) is 2.95. The van der Waals surface area contributed by atoms with E-state index in [9.17, 15) is 14.7 Å². The lowest BCUT2D eigenvalue weighted by Crippen LogP contribution is -2.30. The van der Waals surface area contributed by atoms with E-state index in [4.69, 9.17) is 4.74 Å². The first-order valence-corrected chi connectivity index (χ1v) is 7.24. The number of ketones is 1. The van der Waals surface area contributed by atoms with Crippen LogP contribution in [0.15, 0.2) is 48.8 Å². The number of benzene rings is 1. The molecular formula is C18H18N2O4. The number of nitrogens with zero attached hydrogens (tertiary/aromatic N) is 2. The van der Waals surface area contributed by atoms with Gasteiger partial charge in [-0.15, -0.1) is 0 Å². The third kappa shape index (κ3) is 4.42. The number of aromatic nitrogens is 1. The fourth-order valence-corrected chi connectivity index (χ4v) is 2.00. The predicted octanol–water partition coefficient (Wildman–Crippen LogP) is 2.15. The number of aromatic hydroxyl groups is 1. The maximum Gasteiger partial charge on any atom is 0.246 e. The number of Topliss-reactive ketones (excluding diaryl/α,β-unsaturated/α-hetero) is 1. The molecule has 0 atom stereocenters. The molecule has 1 amide bonds. The average Bonchev–Trinajstić information content (AvgIpc) is 2.60. The van der Waals surface area contributed by atoms with E-state index in [0.717, 1.165) is 5.56 Å². The monoisotopic (exact) mass is 326 g/mol. The molecule has 1 heterocycles. The highest BCUT2D eigenvalue weighted by Crippen LogP contribution is 2.26. The lowest BCUT2D eigenvalue weighted by atomic mass is 10.1. The molecule has 24 heavy (non-hydrogen) atoms. The highest BCUT2D eigenvalue weighted by Gasteiger charge is 2.14. The minimum Gasteiger partial charge on any atom is -0.504 e. The van der Waals surface area contributed by atoms with E-state index in [2.05, 4.69) is 4.98 Å².